The Morgan fingerprint density at radius 1 is 1.77 bits per heavy atom. The predicted octanol–water partition coefficient (Wildman–Crippen LogP) is 1.00. The molecule has 0 aromatic carbocycles. The Kier molecular flexibility index (Phi) is 3.08. The van der Waals surface area contributed by atoms with Crippen molar-refractivity contribution < 1.29 is 13.9 Å². The maximum atomic E-state index is 10.6. The van der Waals surface area contributed by atoms with Gasteiger partial charge in [0.05, 0.1) is 6.26 Å². The average molecular weight is 182 g/mol. The Morgan fingerprint density at radius 3 is 3.08 bits per heavy atom. The van der Waals surface area contributed by atoms with E-state index in [4.69, 9.17) is 9.83 Å². The van der Waals surface area contributed by atoms with Gasteiger partial charge in [0.2, 0.25) is 0 Å². The van der Waals surface area contributed by atoms with Crippen molar-refractivity contribution in [2.24, 2.45) is 0 Å². The van der Waals surface area contributed by atoms with Crippen LogP contribution in [0.2, 0.25) is 0 Å². The molecule has 5 nitrogen and oxygen atoms in total. The normalized spacial score (nSPS) is 9.31. The largest absolute Gasteiger partial charge is 0.463 e. The van der Waals surface area contributed by atoms with E-state index in [1.165, 1.54) is 13.3 Å². The van der Waals surface area contributed by atoms with E-state index < -0.39 is 6.09 Å². The molecule has 0 spiro atoms. The third kappa shape index (κ3) is 2.62. The minimum absolute atomic E-state index is 0.0901. The molecule has 13 heavy (non-hydrogen) atoms. The van der Waals surface area contributed by atoms with E-state index in [-0.39, 0.29) is 12.3 Å². The Hall–Kier alpha value is -1.78. The van der Waals surface area contributed by atoms with Gasteiger partial charge in [-0.1, -0.05) is 0 Å². The molecule has 1 amide bonds. The fourth-order valence-corrected chi connectivity index (χ4v) is 0.731. The summed E-state index contributed by atoms with van der Waals surface area (Å²) in [4.78, 5) is 10.6. The standard InChI is InChI=1S/C8H10N2O3/c1-10-8(11)13-5-6(9)7-3-2-4-12-7/h2-4,9H,5H2,1H3,(H,10,11). The summed E-state index contributed by atoms with van der Waals surface area (Å²) >= 11 is 0. The van der Waals surface area contributed by atoms with Crippen molar-refractivity contribution in [1.82, 2.24) is 5.32 Å². The second kappa shape index (κ2) is 4.30. The number of rotatable bonds is 3. The van der Waals surface area contributed by atoms with E-state index >= 15 is 0 Å². The van der Waals surface area contributed by atoms with Gasteiger partial charge >= 0.3 is 6.09 Å². The molecule has 1 heterocycles. The Balaban J connectivity index is 2.39. The molecular weight excluding hydrogens is 172 g/mol. The lowest BCUT2D eigenvalue weighted by atomic mass is 10.3. The third-order valence-corrected chi connectivity index (χ3v) is 1.37. The number of hydrogen-bond donors (Lipinski definition) is 2. The van der Waals surface area contributed by atoms with Crippen molar-refractivity contribution >= 4 is 11.8 Å². The molecule has 1 aromatic rings. The number of hydrogen-bond acceptors (Lipinski definition) is 4. The maximum Gasteiger partial charge on any atom is 0.407 e. The first kappa shape index (κ1) is 9.31. The van der Waals surface area contributed by atoms with Crippen LogP contribution in [-0.2, 0) is 4.74 Å². The molecule has 0 saturated carbocycles. The number of furan rings is 1. The topological polar surface area (TPSA) is 75.3 Å². The average Bonchev–Trinajstić information content (AvgIpc) is 2.66. The lowest BCUT2D eigenvalue weighted by Gasteiger charge is -2.02. The third-order valence-electron chi connectivity index (χ3n) is 1.37. The molecule has 0 atom stereocenters. The van der Waals surface area contributed by atoms with E-state index in [1.54, 1.807) is 12.1 Å². The second-order valence-corrected chi connectivity index (χ2v) is 2.28. The van der Waals surface area contributed by atoms with Gasteiger partial charge in [-0.2, -0.15) is 0 Å². The summed E-state index contributed by atoms with van der Waals surface area (Å²) in [5, 5.41) is 9.69. The van der Waals surface area contributed by atoms with Crippen LogP contribution in [0.15, 0.2) is 22.8 Å². The van der Waals surface area contributed by atoms with Gasteiger partial charge in [-0.25, -0.2) is 4.79 Å². The first-order valence-electron chi connectivity index (χ1n) is 3.70. The summed E-state index contributed by atoms with van der Waals surface area (Å²) < 4.78 is 9.57. The van der Waals surface area contributed by atoms with Crippen LogP contribution in [0.5, 0.6) is 0 Å². The van der Waals surface area contributed by atoms with Gasteiger partial charge in [0.15, 0.2) is 5.76 Å². The van der Waals surface area contributed by atoms with E-state index in [0.29, 0.717) is 5.76 Å². The molecule has 1 aromatic heterocycles. The van der Waals surface area contributed by atoms with Gasteiger partial charge in [0.1, 0.15) is 12.3 Å². The van der Waals surface area contributed by atoms with Gasteiger partial charge in [-0.05, 0) is 12.1 Å². The van der Waals surface area contributed by atoms with Gasteiger partial charge in [-0.15, -0.1) is 0 Å². The predicted molar refractivity (Wildman–Crippen MR) is 45.9 cm³/mol. The zero-order valence-electron chi connectivity index (χ0n) is 7.16. The summed E-state index contributed by atoms with van der Waals surface area (Å²) in [6, 6.07) is 3.30. The first-order chi connectivity index (χ1) is 6.24. The van der Waals surface area contributed by atoms with Crippen LogP contribution >= 0.6 is 0 Å². The van der Waals surface area contributed by atoms with Crippen LogP contribution in [-0.4, -0.2) is 25.5 Å². The van der Waals surface area contributed by atoms with Gasteiger partial charge in [0.25, 0.3) is 0 Å². The maximum absolute atomic E-state index is 10.6. The number of ether oxygens (including phenoxy) is 1. The quantitative estimate of drug-likeness (QED) is 0.685. The highest BCUT2D eigenvalue weighted by molar-refractivity contribution is 5.97. The van der Waals surface area contributed by atoms with Crippen LogP contribution in [0.3, 0.4) is 0 Å². The fourth-order valence-electron chi connectivity index (χ4n) is 0.731. The zero-order chi connectivity index (χ0) is 9.68. The summed E-state index contributed by atoms with van der Waals surface area (Å²) in [5.41, 5.74) is 0.133. The van der Waals surface area contributed by atoms with Gasteiger partial charge < -0.3 is 14.5 Å². The van der Waals surface area contributed by atoms with Crippen LogP contribution in [0.4, 0.5) is 4.79 Å². The van der Waals surface area contributed by atoms with Gasteiger partial charge in [0, 0.05) is 7.05 Å². The summed E-state index contributed by atoms with van der Waals surface area (Å²) in [6.45, 7) is -0.0901. The minimum Gasteiger partial charge on any atom is -0.463 e. The Bertz CT molecular complexity index is 292. The SMILES string of the molecule is CNC(=O)OCC(=N)c1ccco1. The van der Waals surface area contributed by atoms with E-state index in [2.05, 4.69) is 10.1 Å². The van der Waals surface area contributed by atoms with Crippen molar-refractivity contribution in [2.75, 3.05) is 13.7 Å². The smallest absolute Gasteiger partial charge is 0.407 e. The van der Waals surface area contributed by atoms with E-state index in [1.807, 2.05) is 0 Å². The summed E-state index contributed by atoms with van der Waals surface area (Å²) in [5.74, 6) is 0.406. The molecular formula is C8H10N2O3. The molecule has 0 saturated heterocycles. The number of amides is 1. The number of nitrogens with one attached hydrogen (secondary N) is 2. The summed E-state index contributed by atoms with van der Waals surface area (Å²) in [6.07, 6.45) is 0.903. The van der Waals surface area contributed by atoms with Crippen molar-refractivity contribution in [2.45, 2.75) is 0 Å². The van der Waals surface area contributed by atoms with E-state index in [0.717, 1.165) is 0 Å². The second-order valence-electron chi connectivity index (χ2n) is 2.28. The molecule has 0 aliphatic rings. The van der Waals surface area contributed by atoms with Crippen LogP contribution in [0.1, 0.15) is 5.76 Å². The highest BCUT2D eigenvalue weighted by Gasteiger charge is 2.06. The molecule has 0 unspecified atom stereocenters. The van der Waals surface area contributed by atoms with E-state index in [9.17, 15) is 4.79 Å². The summed E-state index contributed by atoms with van der Waals surface area (Å²) in [7, 11) is 1.46. The monoisotopic (exact) mass is 182 g/mol. The van der Waals surface area contributed by atoms with Crippen molar-refractivity contribution in [3.63, 3.8) is 0 Å². The highest BCUT2D eigenvalue weighted by atomic mass is 16.5. The lowest BCUT2D eigenvalue weighted by Crippen LogP contribution is -2.22. The highest BCUT2D eigenvalue weighted by Crippen LogP contribution is 2.01. The van der Waals surface area contributed by atoms with Crippen molar-refractivity contribution in [1.29, 1.82) is 5.41 Å². The lowest BCUT2D eigenvalue weighted by molar-refractivity contribution is 0.164. The molecule has 5 heteroatoms. The molecule has 0 radical (unpaired) electrons. The molecule has 0 bridgehead atoms. The molecule has 2 N–H and O–H groups in total. The Labute approximate surface area is 75.2 Å². The van der Waals surface area contributed by atoms with Crippen molar-refractivity contribution in [3.8, 4) is 0 Å². The molecule has 0 fully saturated rings. The molecule has 0 aliphatic carbocycles. The number of carbonyl (C=O) groups excluding carboxylic acids is 1. The minimum atomic E-state index is -0.559. The number of carbonyl (C=O) groups is 1. The van der Waals surface area contributed by atoms with Crippen LogP contribution < -0.4 is 5.32 Å². The van der Waals surface area contributed by atoms with Crippen LogP contribution in [0, 0.1) is 5.41 Å². The van der Waals surface area contributed by atoms with Crippen LogP contribution in [0.25, 0.3) is 0 Å². The molecule has 70 valence electrons. The Morgan fingerprint density at radius 2 is 2.54 bits per heavy atom. The van der Waals surface area contributed by atoms with Gasteiger partial charge in [-0.3, -0.25) is 5.41 Å². The first-order valence-corrected chi connectivity index (χ1v) is 3.70. The molecule has 1 rings (SSSR count). The number of alkyl carbamates (subject to hydrolysis) is 1. The fraction of sp³-hybridized carbons (Fsp3) is 0.250. The van der Waals surface area contributed by atoms with Crippen molar-refractivity contribution in [3.05, 3.63) is 24.2 Å². The zero-order valence-corrected chi connectivity index (χ0v) is 7.16. The molecule has 0 aliphatic heterocycles.